The molecule has 5 nitrogen and oxygen atoms in total. The summed E-state index contributed by atoms with van der Waals surface area (Å²) >= 11 is 6.47. The number of pyridine rings is 2. The highest BCUT2D eigenvalue weighted by Crippen LogP contribution is 2.36. The Hall–Kier alpha value is -3.03. The second-order valence-electron chi connectivity index (χ2n) is 7.48. The highest BCUT2D eigenvalue weighted by Gasteiger charge is 2.17. The summed E-state index contributed by atoms with van der Waals surface area (Å²) in [5, 5.41) is 1.06. The number of hydrogen-bond acceptors (Lipinski definition) is 4. The minimum Gasteiger partial charge on any atom is -0.307 e. The maximum atomic E-state index is 13.5. The molecule has 31 heavy (non-hydrogen) atoms. The molecule has 0 unspecified atom stereocenters. The van der Waals surface area contributed by atoms with E-state index in [-0.39, 0.29) is 17.1 Å². The molecule has 4 aromatic rings. The van der Waals surface area contributed by atoms with Gasteiger partial charge in [-0.3, -0.25) is 4.79 Å². The fraction of sp³-hybridized carbons (Fsp3) is 0.130. The summed E-state index contributed by atoms with van der Waals surface area (Å²) in [4.78, 5) is 19.1. The lowest BCUT2D eigenvalue weighted by molar-refractivity contribution is 0.601. The Morgan fingerprint density at radius 1 is 1.03 bits per heavy atom. The number of nitrogens with one attached hydrogen (secondary N) is 1. The normalized spacial score (nSPS) is 11.7. The van der Waals surface area contributed by atoms with Crippen LogP contribution in [0.3, 0.4) is 0 Å². The highest BCUT2D eigenvalue weighted by atomic mass is 35.5. The number of halogens is 2. The van der Waals surface area contributed by atoms with Crippen molar-refractivity contribution in [3.05, 3.63) is 86.9 Å². The largest absolute Gasteiger partial charge is 0.307 e. The quantitative estimate of drug-likeness (QED) is 0.473. The minimum atomic E-state index is -3.25. The smallest absolute Gasteiger partial charge is 0.249 e. The van der Waals surface area contributed by atoms with Gasteiger partial charge in [0, 0.05) is 33.9 Å². The van der Waals surface area contributed by atoms with E-state index in [4.69, 9.17) is 11.6 Å². The van der Waals surface area contributed by atoms with Gasteiger partial charge in [0.2, 0.25) is 5.56 Å². The molecule has 0 amide bonds. The van der Waals surface area contributed by atoms with Gasteiger partial charge in [0.15, 0.2) is 9.84 Å². The Bertz CT molecular complexity index is 1460. The van der Waals surface area contributed by atoms with Crippen molar-refractivity contribution in [3.63, 3.8) is 0 Å². The number of rotatable bonds is 4. The van der Waals surface area contributed by atoms with E-state index in [1.165, 1.54) is 18.2 Å². The van der Waals surface area contributed by atoms with Crippen LogP contribution in [0.1, 0.15) is 11.1 Å². The van der Waals surface area contributed by atoms with Gasteiger partial charge < -0.3 is 4.98 Å². The third-order valence-corrected chi connectivity index (χ3v) is 6.11. The number of aromatic amines is 1. The monoisotopic (exact) mass is 456 g/mol. The van der Waals surface area contributed by atoms with Crippen LogP contribution in [-0.2, 0) is 15.6 Å². The van der Waals surface area contributed by atoms with E-state index in [1.807, 2.05) is 12.1 Å². The predicted molar refractivity (Wildman–Crippen MR) is 121 cm³/mol. The van der Waals surface area contributed by atoms with E-state index >= 15 is 0 Å². The number of aromatic nitrogens is 2. The Morgan fingerprint density at radius 2 is 1.74 bits per heavy atom. The van der Waals surface area contributed by atoms with E-state index in [2.05, 4.69) is 9.97 Å². The second kappa shape index (κ2) is 7.90. The molecule has 0 aliphatic rings. The lowest BCUT2D eigenvalue weighted by atomic mass is 9.95. The Morgan fingerprint density at radius 3 is 2.39 bits per heavy atom. The van der Waals surface area contributed by atoms with Crippen molar-refractivity contribution in [1.82, 2.24) is 9.97 Å². The summed E-state index contributed by atoms with van der Waals surface area (Å²) in [7, 11) is -3.25. The van der Waals surface area contributed by atoms with Gasteiger partial charge in [0.05, 0.1) is 11.4 Å². The summed E-state index contributed by atoms with van der Waals surface area (Å²) in [6, 6.07) is 14.4. The van der Waals surface area contributed by atoms with Crippen molar-refractivity contribution >= 4 is 32.5 Å². The predicted octanol–water partition coefficient (Wildman–Crippen LogP) is 4.90. The summed E-state index contributed by atoms with van der Waals surface area (Å²) < 4.78 is 37.0. The number of sulfone groups is 1. The molecule has 8 heteroatoms. The molecule has 0 saturated heterocycles. The van der Waals surface area contributed by atoms with E-state index in [0.717, 1.165) is 28.3 Å². The van der Waals surface area contributed by atoms with Crippen LogP contribution >= 0.6 is 11.6 Å². The van der Waals surface area contributed by atoms with Gasteiger partial charge in [-0.25, -0.2) is 17.8 Å². The van der Waals surface area contributed by atoms with Crippen LogP contribution < -0.4 is 5.56 Å². The van der Waals surface area contributed by atoms with E-state index < -0.39 is 9.84 Å². The molecule has 1 N–H and O–H groups in total. The zero-order valence-electron chi connectivity index (χ0n) is 16.7. The van der Waals surface area contributed by atoms with Gasteiger partial charge in [-0.05, 0) is 66.1 Å². The fourth-order valence-corrected chi connectivity index (χ4v) is 4.82. The van der Waals surface area contributed by atoms with Gasteiger partial charge >= 0.3 is 0 Å². The third kappa shape index (κ3) is 4.52. The lowest BCUT2D eigenvalue weighted by Gasteiger charge is -2.15. The first-order chi connectivity index (χ1) is 14.6. The van der Waals surface area contributed by atoms with Crippen molar-refractivity contribution in [1.29, 1.82) is 0 Å². The second-order valence-corrected chi connectivity index (χ2v) is 10.0. The van der Waals surface area contributed by atoms with Gasteiger partial charge in [-0.15, -0.1) is 0 Å². The molecular formula is C23H18ClFN2O3S. The summed E-state index contributed by atoms with van der Waals surface area (Å²) in [5.74, 6) is -0.525. The fourth-order valence-electron chi connectivity index (χ4n) is 3.50. The first-order valence-electron chi connectivity index (χ1n) is 9.38. The molecule has 0 fully saturated rings. The Labute approximate surface area is 183 Å². The van der Waals surface area contributed by atoms with E-state index in [9.17, 15) is 17.6 Å². The average Bonchev–Trinajstić information content (AvgIpc) is 2.69. The Kier molecular flexibility index (Phi) is 5.41. The van der Waals surface area contributed by atoms with Crippen molar-refractivity contribution in [2.45, 2.75) is 12.7 Å². The third-order valence-electron chi connectivity index (χ3n) is 4.96. The summed E-state index contributed by atoms with van der Waals surface area (Å²) in [6.07, 6.45) is 1.16. The molecule has 0 radical (unpaired) electrons. The molecule has 2 aromatic heterocycles. The van der Waals surface area contributed by atoms with Crippen molar-refractivity contribution in [2.24, 2.45) is 0 Å². The maximum Gasteiger partial charge on any atom is 0.249 e. The Balaban J connectivity index is 1.98. The average molecular weight is 457 g/mol. The molecule has 2 aromatic carbocycles. The molecule has 4 rings (SSSR count). The van der Waals surface area contributed by atoms with E-state index in [1.54, 1.807) is 31.2 Å². The first kappa shape index (κ1) is 21.2. The zero-order chi connectivity index (χ0) is 22.3. The molecule has 158 valence electrons. The summed E-state index contributed by atoms with van der Waals surface area (Å²) in [5.41, 5.74) is 4.09. The number of aryl methyl sites for hydroxylation is 1. The zero-order valence-corrected chi connectivity index (χ0v) is 18.3. The number of nitrogens with zero attached hydrogens (tertiary/aromatic N) is 1. The van der Waals surface area contributed by atoms with Crippen molar-refractivity contribution < 1.29 is 12.8 Å². The number of benzene rings is 2. The van der Waals surface area contributed by atoms with Crippen molar-refractivity contribution in [3.8, 4) is 22.4 Å². The number of fused-ring (bicyclic) bond motifs is 1. The molecule has 0 atom stereocenters. The first-order valence-corrected chi connectivity index (χ1v) is 11.8. The lowest BCUT2D eigenvalue weighted by Crippen LogP contribution is -2.05. The van der Waals surface area contributed by atoms with Crippen LogP contribution in [0.5, 0.6) is 0 Å². The van der Waals surface area contributed by atoms with Gasteiger partial charge in [0.25, 0.3) is 0 Å². The maximum absolute atomic E-state index is 13.5. The van der Waals surface area contributed by atoms with Crippen LogP contribution in [0.15, 0.2) is 59.4 Å². The van der Waals surface area contributed by atoms with Crippen LogP contribution in [-0.4, -0.2) is 24.6 Å². The molecule has 0 spiro atoms. The number of H-pyrrole nitrogens is 1. The molecular weight excluding hydrogens is 439 g/mol. The molecule has 0 aliphatic heterocycles. The van der Waals surface area contributed by atoms with Crippen LogP contribution in [0.4, 0.5) is 4.39 Å². The minimum absolute atomic E-state index is 0.153. The molecule has 0 aliphatic carbocycles. The van der Waals surface area contributed by atoms with Gasteiger partial charge in [-0.2, -0.15) is 0 Å². The van der Waals surface area contributed by atoms with Crippen LogP contribution in [0, 0.1) is 12.7 Å². The highest BCUT2D eigenvalue weighted by molar-refractivity contribution is 7.89. The SMILES string of the molecule is Cc1cc(-c2cc3ccc(=O)[nH]c3nc2-c2ccc(F)cc2)cc(Cl)c1CS(C)(=O)=O. The molecule has 0 bridgehead atoms. The van der Waals surface area contributed by atoms with Gasteiger partial charge in [0.1, 0.15) is 11.5 Å². The number of hydrogen-bond donors (Lipinski definition) is 1. The molecule has 0 saturated carbocycles. The van der Waals surface area contributed by atoms with Crippen LogP contribution in [0.25, 0.3) is 33.4 Å². The van der Waals surface area contributed by atoms with Gasteiger partial charge in [-0.1, -0.05) is 17.7 Å². The van der Waals surface area contributed by atoms with Crippen molar-refractivity contribution in [2.75, 3.05) is 6.26 Å². The van der Waals surface area contributed by atoms with E-state index in [0.29, 0.717) is 27.5 Å². The summed E-state index contributed by atoms with van der Waals surface area (Å²) in [6.45, 7) is 1.80. The standard InChI is InChI=1S/C23H18ClFN2O3S/c1-13-9-16(11-20(24)19(13)12-31(2,29)30)18-10-15-5-8-21(28)26-23(15)27-22(18)14-3-6-17(25)7-4-14/h3-11H,12H2,1-2H3,(H,26,27,28). The topological polar surface area (TPSA) is 79.9 Å². The molecule has 2 heterocycles. The van der Waals surface area contributed by atoms with Crippen LogP contribution in [0.2, 0.25) is 5.02 Å².